The molecule has 2 aromatic rings. The molecule has 0 aliphatic carbocycles. The monoisotopic (exact) mass is 335 g/mol. The van der Waals surface area contributed by atoms with E-state index in [-0.39, 0.29) is 17.8 Å². The van der Waals surface area contributed by atoms with Gasteiger partial charge in [-0.15, -0.1) is 0 Å². The minimum absolute atomic E-state index is 0.111. The third kappa shape index (κ3) is 3.25. The number of rotatable bonds is 3. The summed E-state index contributed by atoms with van der Waals surface area (Å²) in [5, 5.41) is 2.92. The van der Waals surface area contributed by atoms with Gasteiger partial charge in [-0.25, -0.2) is 4.39 Å². The van der Waals surface area contributed by atoms with Gasteiger partial charge in [-0.3, -0.25) is 4.79 Å². The Morgan fingerprint density at radius 2 is 1.95 bits per heavy atom. The molecule has 2 rings (SSSR count). The van der Waals surface area contributed by atoms with E-state index in [4.69, 9.17) is 0 Å². The van der Waals surface area contributed by atoms with Crippen LogP contribution in [0.2, 0.25) is 0 Å². The summed E-state index contributed by atoms with van der Waals surface area (Å²) >= 11 is 3.21. The summed E-state index contributed by atoms with van der Waals surface area (Å²) in [6.07, 6.45) is 0. The van der Waals surface area contributed by atoms with Gasteiger partial charge < -0.3 is 5.32 Å². The summed E-state index contributed by atoms with van der Waals surface area (Å²) in [5.41, 5.74) is 2.62. The van der Waals surface area contributed by atoms with E-state index in [1.54, 1.807) is 0 Å². The lowest BCUT2D eigenvalue weighted by molar-refractivity contribution is 0.0939. The zero-order chi connectivity index (χ0) is 14.7. The number of hydrogen-bond donors (Lipinski definition) is 1. The summed E-state index contributed by atoms with van der Waals surface area (Å²) in [7, 11) is 0. The smallest absolute Gasteiger partial charge is 0.252 e. The number of nitrogens with one attached hydrogen (secondary N) is 1. The fraction of sp³-hybridized carbons (Fsp3) is 0.188. The molecule has 1 unspecified atom stereocenters. The van der Waals surface area contributed by atoms with Gasteiger partial charge in [0, 0.05) is 4.47 Å². The summed E-state index contributed by atoms with van der Waals surface area (Å²) in [6, 6.07) is 11.8. The van der Waals surface area contributed by atoms with Crippen LogP contribution in [0.25, 0.3) is 0 Å². The molecule has 0 saturated heterocycles. The normalized spacial score (nSPS) is 12.0. The number of carbonyl (C=O) groups excluding carboxylic acids is 1. The predicted octanol–water partition coefficient (Wildman–Crippen LogP) is 4.39. The van der Waals surface area contributed by atoms with E-state index in [2.05, 4.69) is 21.2 Å². The molecule has 20 heavy (non-hydrogen) atoms. The average Bonchev–Trinajstić information content (AvgIpc) is 2.38. The minimum atomic E-state index is -0.375. The lowest BCUT2D eigenvalue weighted by Gasteiger charge is -2.17. The number of amides is 1. The van der Waals surface area contributed by atoms with E-state index in [1.807, 2.05) is 38.1 Å². The van der Waals surface area contributed by atoms with Crippen molar-refractivity contribution in [2.45, 2.75) is 19.9 Å². The third-order valence-corrected chi connectivity index (χ3v) is 3.83. The zero-order valence-corrected chi connectivity index (χ0v) is 12.9. The van der Waals surface area contributed by atoms with E-state index in [0.717, 1.165) is 11.1 Å². The van der Waals surface area contributed by atoms with Crippen LogP contribution in [0.1, 0.15) is 34.5 Å². The second-order valence-corrected chi connectivity index (χ2v) is 5.53. The largest absolute Gasteiger partial charge is 0.345 e. The molecule has 0 aliphatic rings. The van der Waals surface area contributed by atoms with Gasteiger partial charge in [-0.2, -0.15) is 0 Å². The average molecular weight is 336 g/mol. The van der Waals surface area contributed by atoms with Crippen LogP contribution in [0.3, 0.4) is 0 Å². The third-order valence-electron chi connectivity index (χ3n) is 3.18. The molecule has 2 aromatic carbocycles. The summed E-state index contributed by atoms with van der Waals surface area (Å²) in [5.74, 6) is -0.604. The van der Waals surface area contributed by atoms with Crippen molar-refractivity contribution in [2.24, 2.45) is 0 Å². The fourth-order valence-corrected chi connectivity index (χ4v) is 2.63. The number of halogens is 2. The Morgan fingerprint density at radius 1 is 1.25 bits per heavy atom. The maximum atomic E-state index is 13.0. The SMILES string of the molecule is Cc1ccccc1C(C)NC(=O)c1ccc(F)cc1Br. The molecule has 1 N–H and O–H groups in total. The maximum Gasteiger partial charge on any atom is 0.252 e. The Balaban J connectivity index is 2.17. The van der Waals surface area contributed by atoms with E-state index in [0.29, 0.717) is 10.0 Å². The van der Waals surface area contributed by atoms with Gasteiger partial charge in [0.25, 0.3) is 5.91 Å². The van der Waals surface area contributed by atoms with Crippen LogP contribution in [0.5, 0.6) is 0 Å². The summed E-state index contributed by atoms with van der Waals surface area (Å²) < 4.78 is 13.5. The topological polar surface area (TPSA) is 29.1 Å². The van der Waals surface area contributed by atoms with Crippen molar-refractivity contribution in [3.05, 3.63) is 69.4 Å². The van der Waals surface area contributed by atoms with E-state index >= 15 is 0 Å². The molecule has 0 radical (unpaired) electrons. The van der Waals surface area contributed by atoms with Crippen LogP contribution in [0, 0.1) is 12.7 Å². The zero-order valence-electron chi connectivity index (χ0n) is 11.3. The van der Waals surface area contributed by atoms with Crippen molar-refractivity contribution in [1.82, 2.24) is 5.32 Å². The molecule has 0 aromatic heterocycles. The molecule has 4 heteroatoms. The lowest BCUT2D eigenvalue weighted by Crippen LogP contribution is -2.27. The number of benzene rings is 2. The highest BCUT2D eigenvalue weighted by molar-refractivity contribution is 9.10. The van der Waals surface area contributed by atoms with Crippen LogP contribution in [-0.4, -0.2) is 5.91 Å². The van der Waals surface area contributed by atoms with E-state index < -0.39 is 0 Å². The number of aryl methyl sites for hydroxylation is 1. The summed E-state index contributed by atoms with van der Waals surface area (Å²) in [4.78, 5) is 12.2. The van der Waals surface area contributed by atoms with E-state index in [1.165, 1.54) is 18.2 Å². The van der Waals surface area contributed by atoms with Crippen LogP contribution >= 0.6 is 15.9 Å². The van der Waals surface area contributed by atoms with Crippen molar-refractivity contribution in [3.8, 4) is 0 Å². The van der Waals surface area contributed by atoms with Gasteiger partial charge in [-0.05, 0) is 59.1 Å². The van der Waals surface area contributed by atoms with Crippen LogP contribution in [0.4, 0.5) is 4.39 Å². The molecular weight excluding hydrogens is 321 g/mol. The van der Waals surface area contributed by atoms with Gasteiger partial charge in [0.2, 0.25) is 0 Å². The fourth-order valence-electron chi connectivity index (χ4n) is 2.10. The second-order valence-electron chi connectivity index (χ2n) is 4.68. The standard InChI is InChI=1S/C16H15BrFNO/c1-10-5-3-4-6-13(10)11(2)19-16(20)14-8-7-12(18)9-15(14)17/h3-9,11H,1-2H3,(H,19,20). The van der Waals surface area contributed by atoms with Gasteiger partial charge >= 0.3 is 0 Å². The second kappa shape index (κ2) is 6.18. The quantitative estimate of drug-likeness (QED) is 0.885. The molecular formula is C16H15BrFNO. The molecule has 1 atom stereocenters. The molecule has 104 valence electrons. The van der Waals surface area contributed by atoms with Gasteiger partial charge in [-0.1, -0.05) is 24.3 Å². The Bertz CT molecular complexity index is 642. The van der Waals surface area contributed by atoms with Gasteiger partial charge in [0.15, 0.2) is 0 Å². The Kier molecular flexibility index (Phi) is 4.55. The first-order valence-corrected chi connectivity index (χ1v) is 7.10. The highest BCUT2D eigenvalue weighted by Gasteiger charge is 2.15. The Labute approximate surface area is 126 Å². The first-order valence-electron chi connectivity index (χ1n) is 6.30. The van der Waals surface area contributed by atoms with Crippen molar-refractivity contribution < 1.29 is 9.18 Å². The minimum Gasteiger partial charge on any atom is -0.345 e. The first kappa shape index (κ1) is 14.7. The molecule has 1 amide bonds. The maximum absolute atomic E-state index is 13.0. The molecule has 0 heterocycles. The van der Waals surface area contributed by atoms with Crippen molar-refractivity contribution >= 4 is 21.8 Å². The van der Waals surface area contributed by atoms with Crippen LogP contribution in [-0.2, 0) is 0 Å². The molecule has 0 fully saturated rings. The van der Waals surface area contributed by atoms with Crippen molar-refractivity contribution in [1.29, 1.82) is 0 Å². The number of carbonyl (C=O) groups is 1. The predicted molar refractivity (Wildman–Crippen MR) is 81.2 cm³/mol. The van der Waals surface area contributed by atoms with E-state index in [9.17, 15) is 9.18 Å². The van der Waals surface area contributed by atoms with Gasteiger partial charge in [0.1, 0.15) is 5.82 Å². The van der Waals surface area contributed by atoms with Crippen LogP contribution in [0.15, 0.2) is 46.9 Å². The highest BCUT2D eigenvalue weighted by Crippen LogP contribution is 2.21. The van der Waals surface area contributed by atoms with Gasteiger partial charge in [0.05, 0.1) is 11.6 Å². The van der Waals surface area contributed by atoms with Crippen molar-refractivity contribution in [3.63, 3.8) is 0 Å². The summed E-state index contributed by atoms with van der Waals surface area (Å²) in [6.45, 7) is 3.93. The Hall–Kier alpha value is -1.68. The molecule has 0 spiro atoms. The van der Waals surface area contributed by atoms with Crippen molar-refractivity contribution in [2.75, 3.05) is 0 Å². The van der Waals surface area contributed by atoms with Crippen LogP contribution < -0.4 is 5.32 Å². The highest BCUT2D eigenvalue weighted by atomic mass is 79.9. The molecule has 0 bridgehead atoms. The Morgan fingerprint density at radius 3 is 2.60 bits per heavy atom. The first-order chi connectivity index (χ1) is 9.49. The number of hydrogen-bond acceptors (Lipinski definition) is 1. The molecule has 2 nitrogen and oxygen atoms in total. The molecule has 0 saturated carbocycles. The lowest BCUT2D eigenvalue weighted by atomic mass is 10.0. The molecule has 0 aliphatic heterocycles.